The zero-order valence-electron chi connectivity index (χ0n) is 12.9. The molecule has 2 heterocycles. The van der Waals surface area contributed by atoms with Gasteiger partial charge in [-0.1, -0.05) is 30.3 Å². The van der Waals surface area contributed by atoms with Gasteiger partial charge in [-0.15, -0.1) is 0 Å². The third-order valence-corrected chi connectivity index (χ3v) is 4.24. The lowest BCUT2D eigenvalue weighted by Gasteiger charge is -2.36. The van der Waals surface area contributed by atoms with Crippen LogP contribution in [-0.4, -0.2) is 60.0 Å². The molecule has 23 heavy (non-hydrogen) atoms. The molecule has 1 aromatic carbocycles. The zero-order chi connectivity index (χ0) is 16.4. The number of urea groups is 1. The Balaban J connectivity index is 1.79. The molecule has 0 spiro atoms. The largest absolute Gasteiger partial charge is 0.375 e. The number of methoxy groups -OCH3 is 1. The molecule has 0 saturated carbocycles. The van der Waals surface area contributed by atoms with E-state index in [9.17, 15) is 14.4 Å². The summed E-state index contributed by atoms with van der Waals surface area (Å²) in [5, 5.41) is 2.84. The maximum atomic E-state index is 12.8. The van der Waals surface area contributed by atoms with Crippen LogP contribution in [0.5, 0.6) is 0 Å². The van der Waals surface area contributed by atoms with Gasteiger partial charge in [0.25, 0.3) is 5.91 Å². The number of hydrogen-bond donors (Lipinski definition) is 1. The molecule has 0 bridgehead atoms. The summed E-state index contributed by atoms with van der Waals surface area (Å²) >= 11 is 0. The van der Waals surface area contributed by atoms with Gasteiger partial charge in [-0.2, -0.15) is 0 Å². The van der Waals surface area contributed by atoms with Crippen LogP contribution < -0.4 is 5.32 Å². The Morgan fingerprint density at radius 2 is 2.04 bits per heavy atom. The second-order valence-corrected chi connectivity index (χ2v) is 5.72. The minimum atomic E-state index is -0.640. The molecule has 2 fully saturated rings. The number of fused-ring (bicyclic) bond motifs is 1. The van der Waals surface area contributed by atoms with Crippen molar-refractivity contribution in [3.8, 4) is 0 Å². The van der Waals surface area contributed by atoms with E-state index in [0.29, 0.717) is 13.0 Å². The van der Waals surface area contributed by atoms with E-state index in [1.165, 1.54) is 16.9 Å². The molecule has 7 heteroatoms. The minimum absolute atomic E-state index is 0.0663. The van der Waals surface area contributed by atoms with Gasteiger partial charge in [-0.05, 0) is 12.0 Å². The standard InChI is InChI=1S/C16H19N3O4/c1-23-10-13(20)18-8-7-12-14(18)15(21)19(16(22)17-12)9-11-5-3-2-4-6-11/h2-6,12,14H,7-10H2,1H3,(H,17,22). The minimum Gasteiger partial charge on any atom is -0.375 e. The summed E-state index contributed by atoms with van der Waals surface area (Å²) in [6.45, 7) is 0.576. The van der Waals surface area contributed by atoms with Crippen molar-refractivity contribution in [2.75, 3.05) is 20.3 Å². The summed E-state index contributed by atoms with van der Waals surface area (Å²) in [7, 11) is 1.44. The monoisotopic (exact) mass is 317 g/mol. The molecule has 2 unspecified atom stereocenters. The number of likely N-dealkylation sites (tertiary alicyclic amines) is 1. The van der Waals surface area contributed by atoms with Crippen LogP contribution in [-0.2, 0) is 20.9 Å². The van der Waals surface area contributed by atoms with Crippen molar-refractivity contribution in [1.29, 1.82) is 0 Å². The normalized spacial score (nSPS) is 23.7. The summed E-state index contributed by atoms with van der Waals surface area (Å²) in [4.78, 5) is 39.8. The van der Waals surface area contributed by atoms with Crippen molar-refractivity contribution >= 4 is 17.8 Å². The third kappa shape index (κ3) is 2.92. The first-order valence-corrected chi connectivity index (χ1v) is 7.56. The van der Waals surface area contributed by atoms with E-state index < -0.39 is 12.1 Å². The molecular weight excluding hydrogens is 298 g/mol. The van der Waals surface area contributed by atoms with Gasteiger partial charge in [0.15, 0.2) is 0 Å². The maximum Gasteiger partial charge on any atom is 0.324 e. The fourth-order valence-corrected chi connectivity index (χ4v) is 3.15. The second kappa shape index (κ2) is 6.37. The van der Waals surface area contributed by atoms with Crippen LogP contribution in [0.1, 0.15) is 12.0 Å². The maximum absolute atomic E-state index is 12.8. The van der Waals surface area contributed by atoms with E-state index >= 15 is 0 Å². The Hall–Kier alpha value is -2.41. The van der Waals surface area contributed by atoms with Gasteiger partial charge < -0.3 is 15.0 Å². The number of benzene rings is 1. The highest BCUT2D eigenvalue weighted by atomic mass is 16.5. The Bertz CT molecular complexity index is 619. The molecule has 0 aromatic heterocycles. The third-order valence-electron chi connectivity index (χ3n) is 4.24. The van der Waals surface area contributed by atoms with Crippen molar-refractivity contribution in [3.63, 3.8) is 0 Å². The van der Waals surface area contributed by atoms with E-state index in [1.807, 2.05) is 30.3 Å². The topological polar surface area (TPSA) is 79.0 Å². The highest BCUT2D eigenvalue weighted by Gasteiger charge is 2.49. The number of nitrogens with one attached hydrogen (secondary N) is 1. The molecule has 0 aliphatic carbocycles. The van der Waals surface area contributed by atoms with Gasteiger partial charge in [-0.3, -0.25) is 14.5 Å². The van der Waals surface area contributed by atoms with Gasteiger partial charge in [0.05, 0.1) is 12.6 Å². The van der Waals surface area contributed by atoms with Crippen LogP contribution in [0, 0.1) is 0 Å². The van der Waals surface area contributed by atoms with E-state index in [2.05, 4.69) is 5.32 Å². The van der Waals surface area contributed by atoms with E-state index in [0.717, 1.165) is 5.56 Å². The number of carbonyl (C=O) groups excluding carboxylic acids is 3. The summed E-state index contributed by atoms with van der Waals surface area (Å²) in [5.74, 6) is -0.561. The van der Waals surface area contributed by atoms with Crippen LogP contribution in [0.15, 0.2) is 30.3 Å². The Morgan fingerprint density at radius 3 is 2.74 bits per heavy atom. The summed E-state index contributed by atoms with van der Waals surface area (Å²) in [6.07, 6.45) is 0.580. The number of hydrogen-bond acceptors (Lipinski definition) is 4. The summed E-state index contributed by atoms with van der Waals surface area (Å²) < 4.78 is 4.87. The number of amides is 4. The molecular formula is C16H19N3O4. The van der Waals surface area contributed by atoms with E-state index in [4.69, 9.17) is 4.74 Å². The average molecular weight is 317 g/mol. The van der Waals surface area contributed by atoms with Crippen molar-refractivity contribution in [2.24, 2.45) is 0 Å². The van der Waals surface area contributed by atoms with E-state index in [1.54, 1.807) is 0 Å². The number of ether oxygens (including phenoxy) is 1. The predicted molar refractivity (Wildman–Crippen MR) is 81.3 cm³/mol. The molecule has 2 aliphatic rings. The van der Waals surface area contributed by atoms with E-state index in [-0.39, 0.29) is 31.0 Å². The lowest BCUT2D eigenvalue weighted by molar-refractivity contribution is -0.146. The summed E-state index contributed by atoms with van der Waals surface area (Å²) in [6, 6.07) is 7.94. The molecule has 1 aromatic rings. The fourth-order valence-electron chi connectivity index (χ4n) is 3.15. The second-order valence-electron chi connectivity index (χ2n) is 5.72. The van der Waals surface area contributed by atoms with Crippen LogP contribution in [0.25, 0.3) is 0 Å². The van der Waals surface area contributed by atoms with Crippen molar-refractivity contribution in [3.05, 3.63) is 35.9 Å². The van der Waals surface area contributed by atoms with Crippen LogP contribution in [0.3, 0.4) is 0 Å². The van der Waals surface area contributed by atoms with Gasteiger partial charge in [-0.25, -0.2) is 4.79 Å². The smallest absolute Gasteiger partial charge is 0.324 e. The number of rotatable bonds is 4. The Kier molecular flexibility index (Phi) is 4.29. The molecule has 2 saturated heterocycles. The Labute approximate surface area is 134 Å². The molecule has 122 valence electrons. The first-order valence-electron chi connectivity index (χ1n) is 7.56. The van der Waals surface area contributed by atoms with Crippen LogP contribution >= 0.6 is 0 Å². The summed E-state index contributed by atoms with van der Waals surface area (Å²) in [5.41, 5.74) is 0.863. The van der Waals surface area contributed by atoms with Gasteiger partial charge in [0.2, 0.25) is 5.91 Å². The molecule has 4 amide bonds. The average Bonchev–Trinajstić information content (AvgIpc) is 2.96. The van der Waals surface area contributed by atoms with Crippen LogP contribution in [0.4, 0.5) is 4.79 Å². The number of imide groups is 1. The molecule has 0 radical (unpaired) electrons. The highest BCUT2D eigenvalue weighted by Crippen LogP contribution is 2.25. The van der Waals surface area contributed by atoms with Gasteiger partial charge in [0.1, 0.15) is 12.6 Å². The van der Waals surface area contributed by atoms with Crippen molar-refractivity contribution in [1.82, 2.24) is 15.1 Å². The number of carbonyl (C=O) groups is 3. The fraction of sp³-hybridized carbons (Fsp3) is 0.438. The SMILES string of the molecule is COCC(=O)N1CCC2NC(=O)N(Cc3ccccc3)C(=O)C21. The van der Waals surface area contributed by atoms with Gasteiger partial charge in [0, 0.05) is 13.7 Å². The molecule has 2 aliphatic heterocycles. The molecule has 1 N–H and O–H groups in total. The number of nitrogens with zero attached hydrogens (tertiary/aromatic N) is 2. The quantitative estimate of drug-likeness (QED) is 0.869. The molecule has 2 atom stereocenters. The van der Waals surface area contributed by atoms with Crippen molar-refractivity contribution in [2.45, 2.75) is 25.0 Å². The first-order chi connectivity index (χ1) is 11.1. The van der Waals surface area contributed by atoms with Crippen molar-refractivity contribution < 1.29 is 19.1 Å². The molecule has 7 nitrogen and oxygen atoms in total. The molecule has 3 rings (SSSR count). The highest BCUT2D eigenvalue weighted by molar-refractivity contribution is 6.02. The van der Waals surface area contributed by atoms with Crippen LogP contribution in [0.2, 0.25) is 0 Å². The lowest BCUT2D eigenvalue weighted by atomic mass is 10.0. The zero-order valence-corrected chi connectivity index (χ0v) is 12.9. The lowest BCUT2D eigenvalue weighted by Crippen LogP contribution is -2.64. The Morgan fingerprint density at radius 1 is 1.30 bits per heavy atom. The first kappa shape index (κ1) is 15.5. The van der Waals surface area contributed by atoms with Gasteiger partial charge >= 0.3 is 6.03 Å². The predicted octanol–water partition coefficient (Wildman–Crippen LogP) is 0.354.